The molecule has 0 bridgehead atoms. The molecule has 0 amide bonds. The summed E-state index contributed by atoms with van der Waals surface area (Å²) in [6.45, 7) is 65.4. The molecule has 2 fully saturated rings. The van der Waals surface area contributed by atoms with Crippen LogP contribution in [0.15, 0.2) is 159 Å². The summed E-state index contributed by atoms with van der Waals surface area (Å²) in [4.78, 5) is 28.7. The number of methoxy groups -OCH3 is 1. The van der Waals surface area contributed by atoms with Crippen molar-refractivity contribution in [2.45, 2.75) is 308 Å². The van der Waals surface area contributed by atoms with Gasteiger partial charge in [0.2, 0.25) is 0 Å². The molecule has 0 spiro atoms. The summed E-state index contributed by atoms with van der Waals surface area (Å²) >= 11 is 0. The molecule has 4 heterocycles. The number of hydrogen-bond donors (Lipinski definition) is 0. The van der Waals surface area contributed by atoms with E-state index >= 15 is 0 Å². The number of benzene rings is 2. The first-order chi connectivity index (χ1) is 44.6. The number of rotatable bonds is 15. The van der Waals surface area contributed by atoms with Crippen LogP contribution >= 0.6 is 47.5 Å². The maximum absolute atomic E-state index is 9.96. The Morgan fingerprint density at radius 2 is 0.606 bits per heavy atom. The molecule has 8 rings (SSSR count). The Kier molecular flexibility index (Phi) is 43.2. The molecule has 0 saturated heterocycles. The van der Waals surface area contributed by atoms with Crippen molar-refractivity contribution in [2.75, 3.05) is 7.11 Å². The van der Waals surface area contributed by atoms with Crippen molar-refractivity contribution in [3.63, 3.8) is 0 Å². The summed E-state index contributed by atoms with van der Waals surface area (Å²) < 4.78 is 4.26. The van der Waals surface area contributed by atoms with E-state index in [1.54, 1.807) is 18.1 Å². The van der Waals surface area contributed by atoms with Crippen molar-refractivity contribution in [1.82, 2.24) is 19.9 Å². The van der Waals surface area contributed by atoms with Gasteiger partial charge in [0, 0.05) is 31.2 Å². The molecule has 4 aromatic heterocycles. The molecule has 2 aliphatic carbocycles. The van der Waals surface area contributed by atoms with Crippen LogP contribution in [0.3, 0.4) is 0 Å². The molecule has 4 atom stereocenters. The zero-order valence-corrected chi connectivity index (χ0v) is 74.2. The van der Waals surface area contributed by atoms with E-state index in [0.29, 0.717) is 37.4 Å². The fourth-order valence-corrected chi connectivity index (χ4v) is 32.4. The van der Waals surface area contributed by atoms with Crippen LogP contribution in [0.1, 0.15) is 253 Å². The summed E-state index contributed by atoms with van der Waals surface area (Å²) in [5.74, 6) is -0.157. The normalized spacial score (nSPS) is 15.1. The molecule has 99 heavy (non-hydrogen) atoms. The molecule has 6 nitrogen and oxygen atoms in total. The molecule has 554 valence electrons. The van der Waals surface area contributed by atoms with E-state index in [1.807, 2.05) is 49.1 Å². The summed E-state index contributed by atoms with van der Waals surface area (Å²) in [6.07, 6.45) is 24.2. The van der Waals surface area contributed by atoms with E-state index in [4.69, 9.17) is 9.97 Å². The first-order valence-corrected chi connectivity index (χ1v) is 44.6. The monoisotopic (exact) mass is 1500 g/mol. The Hall–Kier alpha value is -2.65. The van der Waals surface area contributed by atoms with E-state index in [2.05, 4.69) is 291 Å². The molecule has 4 unspecified atom stereocenters. The number of esters is 1. The number of hydrogen-bond acceptors (Lipinski definition) is 6. The maximum Gasteiger partial charge on any atom is 2.00 e. The van der Waals surface area contributed by atoms with Crippen molar-refractivity contribution >= 4 is 75.2 Å². The van der Waals surface area contributed by atoms with Crippen LogP contribution < -0.4 is 21.7 Å². The van der Waals surface area contributed by atoms with Crippen LogP contribution in [0.25, 0.3) is 0 Å². The second kappa shape index (κ2) is 44.3. The summed E-state index contributed by atoms with van der Waals surface area (Å²) in [7, 11) is 0.112. The number of nitrogens with zero attached hydrogens (tertiary/aromatic N) is 4. The number of carbonyl (C=O) groups is 1. The standard InChI is InChI=1S/C26H34N2P2.C24H44P2.2C14H22NP.C4H8O2.C2H4.2CH3.Fe/c1-25(2,3)29(23-15-9-11-17-27-23)19-21-13-7-8-14-22(21)20-30(26(4,5)6)24-16-10-12-18-28-24;1-21(2,3)25(22(4,5)6)17-19-15-13-14-16-20(19)18-26(23(7,8)9)24(10,11)12;2*1-14(2,3)16(12-8-4-5-9-12)13-10-6-7-11-15-13;1-3-4(5)6-2;1-2;;;/h7-18H,19-20H2,1-6H3;13-16H,17-18H2,1-12H3;2*6-7,10-12H,4-5,8-9H2,1-3H3;3H2,1-2H3;1-2H2;2*1H3;/q;;;;;;2*-1;+2. The van der Waals surface area contributed by atoms with Crippen LogP contribution in [0.5, 0.6) is 0 Å². The molecule has 6 aromatic rings. The number of pyridine rings is 4. The Morgan fingerprint density at radius 3 is 0.788 bits per heavy atom. The third kappa shape index (κ3) is 33.6. The largest absolute Gasteiger partial charge is 2.00 e. The van der Waals surface area contributed by atoms with Crippen molar-refractivity contribution in [3.8, 4) is 0 Å². The van der Waals surface area contributed by atoms with Gasteiger partial charge < -0.3 is 19.6 Å². The third-order valence-corrected chi connectivity index (χ3v) is 38.3. The average molecular weight is 1500 g/mol. The van der Waals surface area contributed by atoms with E-state index in [-0.39, 0.29) is 79.9 Å². The van der Waals surface area contributed by atoms with Gasteiger partial charge in [-0.15, -0.1) is 13.2 Å². The second-order valence-electron chi connectivity index (χ2n) is 33.5. The van der Waals surface area contributed by atoms with Gasteiger partial charge in [0.05, 0.1) is 28.8 Å². The van der Waals surface area contributed by atoms with Gasteiger partial charge >= 0.3 is 23.0 Å². The Labute approximate surface area is 629 Å². The molecular weight excluding hydrogens is 1360 g/mol. The third-order valence-electron chi connectivity index (χ3n) is 17.4. The van der Waals surface area contributed by atoms with Gasteiger partial charge in [-0.3, -0.25) is 24.7 Å². The summed E-state index contributed by atoms with van der Waals surface area (Å²) in [5, 5.41) is 2.68. The predicted molar refractivity (Wildman–Crippen MR) is 454 cm³/mol. The van der Waals surface area contributed by atoms with Crippen LogP contribution in [0.4, 0.5) is 0 Å². The molecule has 2 saturated carbocycles. The molecule has 0 N–H and O–H groups in total. The minimum atomic E-state index is -0.416. The van der Waals surface area contributed by atoms with Crippen molar-refractivity contribution in [3.05, 3.63) is 196 Å². The Balaban J connectivity index is 0.00000127. The van der Waals surface area contributed by atoms with Gasteiger partial charge in [-0.1, -0.05) is 287 Å². The minimum Gasteiger partial charge on any atom is -0.469 e. The fraction of sp³-hybridized carbons (Fsp3) is 0.570. The fourth-order valence-electron chi connectivity index (χ4n) is 13.3. The van der Waals surface area contributed by atoms with E-state index in [1.165, 1.54) is 104 Å². The smallest absolute Gasteiger partial charge is 0.469 e. The van der Waals surface area contributed by atoms with Gasteiger partial charge in [-0.2, -0.15) is 0 Å². The average Bonchev–Trinajstić information content (AvgIpc) is 1.69. The van der Waals surface area contributed by atoms with Gasteiger partial charge in [0.1, 0.15) is 0 Å². The van der Waals surface area contributed by atoms with Crippen LogP contribution in [-0.2, 0) is 51.2 Å². The van der Waals surface area contributed by atoms with Crippen molar-refractivity contribution < 1.29 is 26.6 Å². The first kappa shape index (κ1) is 96.3. The topological polar surface area (TPSA) is 77.9 Å². The molecule has 2 aliphatic rings. The molecule has 13 heteroatoms. The van der Waals surface area contributed by atoms with E-state index < -0.39 is 15.8 Å². The van der Waals surface area contributed by atoms with Crippen LogP contribution in [0, 0.1) is 14.9 Å². The number of ether oxygens (including phenoxy) is 1. The summed E-state index contributed by atoms with van der Waals surface area (Å²) in [6, 6.07) is 43.8. The minimum absolute atomic E-state index is 0. The molecule has 0 aliphatic heterocycles. The first-order valence-electron chi connectivity index (χ1n) is 35.6. The quantitative estimate of drug-likeness (QED) is 0.0335. The zero-order chi connectivity index (χ0) is 72.5. The van der Waals surface area contributed by atoms with Crippen LogP contribution in [-0.4, -0.2) is 85.6 Å². The van der Waals surface area contributed by atoms with Crippen LogP contribution in [0.2, 0.25) is 0 Å². The molecule has 2 aromatic carbocycles. The summed E-state index contributed by atoms with van der Waals surface area (Å²) in [5.41, 5.74) is 13.2. The maximum atomic E-state index is 9.96. The zero-order valence-electron chi connectivity index (χ0n) is 67.8. The van der Waals surface area contributed by atoms with Crippen molar-refractivity contribution in [2.24, 2.45) is 0 Å². The number of carbonyl (C=O) groups excluding carboxylic acids is 1. The Morgan fingerprint density at radius 1 is 0.374 bits per heavy atom. The SMILES string of the molecule is C=C.CC(C)(C)P(Cc1ccccc1CP(C(C)(C)C)C(C)(C)C)C(C)(C)C.CC(C)(C)P(Cc1ccccc1CP(c1ccccn1)C(C)(C)C)c1ccccn1.CC(C)(C)P(c1ccccn1)C1CCCC1.CC(C)(C)P(c1ccccn1)C1CCCC1.CCC(=O)OC.[CH3-].[CH3-].[Fe+2]. The van der Waals surface area contributed by atoms with E-state index in [0.717, 1.165) is 23.6 Å². The van der Waals surface area contributed by atoms with Gasteiger partial charge in [-0.25, -0.2) is 0 Å². The van der Waals surface area contributed by atoms with E-state index in [9.17, 15) is 4.79 Å². The van der Waals surface area contributed by atoms with Gasteiger partial charge in [0.15, 0.2) is 0 Å². The predicted octanol–water partition coefficient (Wildman–Crippen LogP) is 25.7. The number of aromatic nitrogens is 4. The van der Waals surface area contributed by atoms with Crippen molar-refractivity contribution in [1.29, 1.82) is 0 Å². The molecule has 0 radical (unpaired) electrons. The molecular formula is C86H140FeN4O2P6. The Bertz CT molecular complexity index is 2870. The van der Waals surface area contributed by atoms with Gasteiger partial charge in [0.25, 0.3) is 0 Å². The second-order valence-corrected chi connectivity index (χ2v) is 53.7. The van der Waals surface area contributed by atoms with Gasteiger partial charge in [-0.05, 0) is 205 Å².